The van der Waals surface area contributed by atoms with Crippen molar-refractivity contribution in [3.05, 3.63) is 23.8 Å². The van der Waals surface area contributed by atoms with Gasteiger partial charge in [-0.15, -0.1) is 0 Å². The minimum Gasteiger partial charge on any atom is -0.495 e. The van der Waals surface area contributed by atoms with Crippen LogP contribution in [0.5, 0.6) is 5.75 Å². The van der Waals surface area contributed by atoms with Crippen LogP contribution >= 0.6 is 0 Å². The van der Waals surface area contributed by atoms with Gasteiger partial charge < -0.3 is 14.8 Å². The quantitative estimate of drug-likeness (QED) is 0.555. The first-order valence-electron chi connectivity index (χ1n) is 11.6. The molecule has 2 unspecified atom stereocenters. The molecule has 1 saturated carbocycles. The molecule has 1 aliphatic carbocycles. The van der Waals surface area contributed by atoms with Gasteiger partial charge in [-0.05, 0) is 49.3 Å². The lowest BCUT2D eigenvalue weighted by molar-refractivity contribution is -0.123. The fourth-order valence-electron chi connectivity index (χ4n) is 4.62. The van der Waals surface area contributed by atoms with Gasteiger partial charge in [0.05, 0.1) is 12.7 Å². The summed E-state index contributed by atoms with van der Waals surface area (Å²) in [5, 5.41) is 4.84. The van der Waals surface area contributed by atoms with Crippen LogP contribution in [0.4, 0.5) is 4.79 Å². The first kappa shape index (κ1) is 26.0. The smallest absolute Gasteiger partial charge is 0.338 e. The van der Waals surface area contributed by atoms with Crippen LogP contribution in [0.15, 0.2) is 23.1 Å². The molecule has 0 spiro atoms. The van der Waals surface area contributed by atoms with Gasteiger partial charge >= 0.3 is 12.0 Å². The Morgan fingerprint density at radius 1 is 1.09 bits per heavy atom. The largest absolute Gasteiger partial charge is 0.495 e. The summed E-state index contributed by atoms with van der Waals surface area (Å²) in [6.07, 6.45) is 4.75. The van der Waals surface area contributed by atoms with E-state index in [0.29, 0.717) is 13.1 Å². The van der Waals surface area contributed by atoms with Crippen molar-refractivity contribution in [2.45, 2.75) is 56.9 Å². The van der Waals surface area contributed by atoms with E-state index in [1.165, 1.54) is 29.6 Å². The average molecular weight is 496 g/mol. The topological polar surface area (TPSA) is 131 Å². The molecule has 0 bridgehead atoms. The van der Waals surface area contributed by atoms with Crippen LogP contribution in [0.3, 0.4) is 0 Å². The van der Waals surface area contributed by atoms with Gasteiger partial charge in [-0.3, -0.25) is 10.1 Å². The van der Waals surface area contributed by atoms with Crippen LogP contribution in [0.1, 0.15) is 56.3 Å². The number of benzene rings is 1. The molecule has 2 N–H and O–H groups in total. The van der Waals surface area contributed by atoms with Gasteiger partial charge in [0.25, 0.3) is 5.91 Å². The van der Waals surface area contributed by atoms with Crippen LogP contribution in [-0.2, 0) is 19.6 Å². The predicted molar refractivity (Wildman–Crippen MR) is 124 cm³/mol. The SMILES string of the molecule is COc1ccc(C(=O)OCC(=O)NC(=O)NC2CCCC2)cc1S(=O)(=O)N1CC(C)CC(C)C1. The Kier molecular flexibility index (Phi) is 8.53. The number of nitrogens with one attached hydrogen (secondary N) is 2. The Balaban J connectivity index is 1.65. The molecule has 1 aromatic rings. The van der Waals surface area contributed by atoms with Gasteiger partial charge in [-0.2, -0.15) is 4.31 Å². The Bertz CT molecular complexity index is 1010. The number of rotatable bonds is 7. The van der Waals surface area contributed by atoms with Crippen LogP contribution < -0.4 is 15.4 Å². The first-order chi connectivity index (χ1) is 16.1. The lowest BCUT2D eigenvalue weighted by atomic mass is 9.94. The fraction of sp³-hybridized carbons (Fsp3) is 0.609. The lowest BCUT2D eigenvalue weighted by Crippen LogP contribution is -2.45. The first-order valence-corrected chi connectivity index (χ1v) is 13.0. The summed E-state index contributed by atoms with van der Waals surface area (Å²) in [5.41, 5.74) is -0.0410. The second-order valence-electron chi connectivity index (χ2n) is 9.21. The highest BCUT2D eigenvalue weighted by atomic mass is 32.2. The summed E-state index contributed by atoms with van der Waals surface area (Å²) in [4.78, 5) is 36.3. The number of methoxy groups -OCH3 is 1. The second kappa shape index (κ2) is 11.2. The zero-order chi connectivity index (χ0) is 24.9. The number of amides is 3. The maximum Gasteiger partial charge on any atom is 0.338 e. The van der Waals surface area contributed by atoms with E-state index in [1.54, 1.807) is 0 Å². The maximum absolute atomic E-state index is 13.3. The molecule has 0 aromatic heterocycles. The number of carbonyl (C=O) groups excluding carboxylic acids is 3. The highest BCUT2D eigenvalue weighted by Gasteiger charge is 2.34. The second-order valence-corrected chi connectivity index (χ2v) is 11.1. The minimum atomic E-state index is -3.92. The number of piperidine rings is 1. The summed E-state index contributed by atoms with van der Waals surface area (Å²) >= 11 is 0. The molecule has 10 nitrogen and oxygen atoms in total. The molecule has 1 aliphatic heterocycles. The van der Waals surface area contributed by atoms with Crippen molar-refractivity contribution in [2.75, 3.05) is 26.8 Å². The highest BCUT2D eigenvalue weighted by molar-refractivity contribution is 7.89. The van der Waals surface area contributed by atoms with E-state index in [4.69, 9.17) is 9.47 Å². The molecule has 11 heteroatoms. The molecular formula is C23H33N3O7S. The highest BCUT2D eigenvalue weighted by Crippen LogP contribution is 2.32. The summed E-state index contributed by atoms with van der Waals surface area (Å²) in [6, 6.07) is 3.36. The summed E-state index contributed by atoms with van der Waals surface area (Å²) in [6.45, 7) is 4.10. The summed E-state index contributed by atoms with van der Waals surface area (Å²) < 4.78 is 38.3. The number of imide groups is 1. The number of nitrogens with zero attached hydrogens (tertiary/aromatic N) is 1. The van der Waals surface area contributed by atoms with Gasteiger partial charge in [-0.25, -0.2) is 18.0 Å². The Hall–Kier alpha value is -2.66. The van der Waals surface area contributed by atoms with Crippen molar-refractivity contribution < 1.29 is 32.3 Å². The Morgan fingerprint density at radius 3 is 2.35 bits per heavy atom. The number of esters is 1. The van der Waals surface area contributed by atoms with Crippen LogP contribution in [-0.4, -0.2) is 63.5 Å². The van der Waals surface area contributed by atoms with Gasteiger partial charge in [0.1, 0.15) is 10.6 Å². The molecule has 3 rings (SSSR count). The standard InChI is InChI=1S/C23H33N3O7S/c1-15-10-16(2)13-26(12-15)34(30,31)20-11-17(8-9-19(20)32-3)22(28)33-14-21(27)25-23(29)24-18-6-4-5-7-18/h8-9,11,15-16,18H,4-7,10,12-14H2,1-3H3,(H2,24,25,27,29). The molecule has 2 aliphatic rings. The Labute approximate surface area is 200 Å². The van der Waals surface area contributed by atoms with Crippen LogP contribution in [0.25, 0.3) is 0 Å². The van der Waals surface area contributed by atoms with Gasteiger partial charge in [0.15, 0.2) is 6.61 Å². The molecular weight excluding hydrogens is 462 g/mol. The third-order valence-corrected chi connectivity index (χ3v) is 7.98. The summed E-state index contributed by atoms with van der Waals surface area (Å²) in [7, 11) is -2.56. The molecule has 34 heavy (non-hydrogen) atoms. The van der Waals surface area contributed by atoms with E-state index < -0.39 is 34.5 Å². The fourth-order valence-corrected chi connectivity index (χ4v) is 6.48. The number of urea groups is 1. The number of ether oxygens (including phenoxy) is 2. The monoisotopic (exact) mass is 495 g/mol. The van der Waals surface area contributed by atoms with E-state index in [2.05, 4.69) is 10.6 Å². The normalized spacial score (nSPS) is 21.6. The molecule has 2 atom stereocenters. The van der Waals surface area contributed by atoms with Crippen molar-refractivity contribution in [3.63, 3.8) is 0 Å². The molecule has 3 amide bonds. The third kappa shape index (κ3) is 6.47. The van der Waals surface area contributed by atoms with Crippen molar-refractivity contribution in [2.24, 2.45) is 11.8 Å². The molecule has 2 fully saturated rings. The van der Waals surface area contributed by atoms with Crippen molar-refractivity contribution in [3.8, 4) is 5.75 Å². The third-order valence-electron chi connectivity index (χ3n) is 6.13. The van der Waals surface area contributed by atoms with E-state index in [0.717, 1.165) is 32.1 Å². The minimum absolute atomic E-state index is 0.0410. The van der Waals surface area contributed by atoms with Crippen LogP contribution in [0, 0.1) is 11.8 Å². The lowest BCUT2D eigenvalue weighted by Gasteiger charge is -2.34. The van der Waals surface area contributed by atoms with E-state index in [1.807, 2.05) is 13.8 Å². The molecule has 0 radical (unpaired) electrons. The van der Waals surface area contributed by atoms with Gasteiger partial charge in [-0.1, -0.05) is 26.7 Å². The van der Waals surface area contributed by atoms with Crippen molar-refractivity contribution in [1.29, 1.82) is 0 Å². The zero-order valence-corrected chi connectivity index (χ0v) is 20.7. The van der Waals surface area contributed by atoms with Crippen molar-refractivity contribution >= 4 is 27.9 Å². The Morgan fingerprint density at radius 2 is 1.74 bits per heavy atom. The van der Waals surface area contributed by atoms with E-state index >= 15 is 0 Å². The number of carbonyl (C=O) groups is 3. The number of hydrogen-bond donors (Lipinski definition) is 2. The van der Waals surface area contributed by atoms with E-state index in [-0.39, 0.29) is 34.1 Å². The maximum atomic E-state index is 13.3. The molecule has 188 valence electrons. The van der Waals surface area contributed by atoms with Gasteiger partial charge in [0.2, 0.25) is 10.0 Å². The number of hydrogen-bond acceptors (Lipinski definition) is 7. The van der Waals surface area contributed by atoms with Gasteiger partial charge in [0, 0.05) is 19.1 Å². The summed E-state index contributed by atoms with van der Waals surface area (Å²) in [5.74, 6) is -1.12. The molecule has 1 heterocycles. The molecule has 1 saturated heterocycles. The van der Waals surface area contributed by atoms with Crippen molar-refractivity contribution in [1.82, 2.24) is 14.9 Å². The number of sulfonamides is 1. The molecule has 1 aromatic carbocycles. The predicted octanol–water partition coefficient (Wildman–Crippen LogP) is 2.29. The van der Waals surface area contributed by atoms with E-state index in [9.17, 15) is 22.8 Å². The zero-order valence-electron chi connectivity index (χ0n) is 19.8. The average Bonchev–Trinajstić information content (AvgIpc) is 3.29. The van der Waals surface area contributed by atoms with Crippen LogP contribution in [0.2, 0.25) is 0 Å².